The van der Waals surface area contributed by atoms with E-state index in [1.165, 1.54) is 12.8 Å². The van der Waals surface area contributed by atoms with Crippen molar-refractivity contribution in [2.75, 3.05) is 40.8 Å². The van der Waals surface area contributed by atoms with Gasteiger partial charge in [0.2, 0.25) is 0 Å². The Labute approximate surface area is 137 Å². The summed E-state index contributed by atoms with van der Waals surface area (Å²) >= 11 is 0. The van der Waals surface area contributed by atoms with Crippen LogP contribution in [0.4, 0.5) is 0 Å². The van der Waals surface area contributed by atoms with Crippen LogP contribution in [0.1, 0.15) is 40.5 Å². The predicted octanol–water partition coefficient (Wildman–Crippen LogP) is 1.61. The van der Waals surface area contributed by atoms with E-state index in [9.17, 15) is 0 Å². The summed E-state index contributed by atoms with van der Waals surface area (Å²) in [7, 11) is 6.19. The van der Waals surface area contributed by atoms with Gasteiger partial charge in [-0.3, -0.25) is 9.89 Å². The second-order valence-corrected chi connectivity index (χ2v) is 7.17. The minimum absolute atomic E-state index is 0.574. The highest BCUT2D eigenvalue weighted by atomic mass is 15.2. The summed E-state index contributed by atoms with van der Waals surface area (Å²) < 4.78 is 0. The van der Waals surface area contributed by atoms with Gasteiger partial charge in [-0.2, -0.15) is 0 Å². The molecular formula is C17H37N5. The van der Waals surface area contributed by atoms with Crippen molar-refractivity contribution in [1.29, 1.82) is 0 Å². The van der Waals surface area contributed by atoms with Crippen LogP contribution in [0.5, 0.6) is 0 Å². The van der Waals surface area contributed by atoms with Crippen LogP contribution in [-0.4, -0.2) is 74.7 Å². The first-order valence-electron chi connectivity index (χ1n) is 8.73. The molecule has 0 aliphatic heterocycles. The third kappa shape index (κ3) is 6.53. The van der Waals surface area contributed by atoms with E-state index in [4.69, 9.17) is 0 Å². The molecule has 1 fully saturated rings. The van der Waals surface area contributed by atoms with Crippen molar-refractivity contribution in [2.45, 2.75) is 58.7 Å². The summed E-state index contributed by atoms with van der Waals surface area (Å²) in [5, 5.41) is 6.93. The standard InChI is InChI=1S/C17H37N5/c1-13(2)22(14(3)4)11-10-19-17(18-5)20-12-16(21(6)7)15-8-9-15/h13-16H,8-12H2,1-7H3,(H2,18,19,20). The summed E-state index contributed by atoms with van der Waals surface area (Å²) in [5.41, 5.74) is 0. The van der Waals surface area contributed by atoms with Crippen LogP contribution in [0.15, 0.2) is 4.99 Å². The molecule has 0 radical (unpaired) electrons. The Kier molecular flexibility index (Phi) is 8.18. The monoisotopic (exact) mass is 311 g/mol. The SMILES string of the molecule is CN=C(NCCN(C(C)C)C(C)C)NCC(C1CC1)N(C)C. The molecule has 2 N–H and O–H groups in total. The molecule has 0 amide bonds. The molecule has 0 aromatic carbocycles. The zero-order chi connectivity index (χ0) is 16.7. The number of aliphatic imine (C=N–C) groups is 1. The second kappa shape index (κ2) is 9.36. The zero-order valence-corrected chi connectivity index (χ0v) is 15.7. The second-order valence-electron chi connectivity index (χ2n) is 7.17. The van der Waals surface area contributed by atoms with Gasteiger partial charge in [0.15, 0.2) is 5.96 Å². The molecule has 0 saturated heterocycles. The Balaban J connectivity index is 2.33. The predicted molar refractivity (Wildman–Crippen MR) is 96.5 cm³/mol. The number of nitrogens with zero attached hydrogens (tertiary/aromatic N) is 3. The van der Waals surface area contributed by atoms with Crippen molar-refractivity contribution in [3.05, 3.63) is 0 Å². The van der Waals surface area contributed by atoms with Gasteiger partial charge in [-0.05, 0) is 60.5 Å². The van der Waals surface area contributed by atoms with Gasteiger partial charge in [-0.25, -0.2) is 0 Å². The van der Waals surface area contributed by atoms with Gasteiger partial charge < -0.3 is 15.5 Å². The summed E-state index contributed by atoms with van der Waals surface area (Å²) in [6.45, 7) is 11.9. The lowest BCUT2D eigenvalue weighted by Crippen LogP contribution is -2.48. The van der Waals surface area contributed by atoms with Crippen LogP contribution in [-0.2, 0) is 0 Å². The number of hydrogen-bond donors (Lipinski definition) is 2. The summed E-state index contributed by atoms with van der Waals surface area (Å²) in [6, 6.07) is 1.76. The van der Waals surface area contributed by atoms with Gasteiger partial charge >= 0.3 is 0 Å². The van der Waals surface area contributed by atoms with E-state index in [-0.39, 0.29) is 0 Å². The lowest BCUT2D eigenvalue weighted by Gasteiger charge is -2.31. The van der Waals surface area contributed by atoms with Gasteiger partial charge in [0.25, 0.3) is 0 Å². The molecule has 0 spiro atoms. The van der Waals surface area contributed by atoms with Crippen molar-refractivity contribution < 1.29 is 0 Å². The molecular weight excluding hydrogens is 274 g/mol. The number of guanidine groups is 1. The van der Waals surface area contributed by atoms with E-state index < -0.39 is 0 Å². The van der Waals surface area contributed by atoms with Crippen LogP contribution >= 0.6 is 0 Å². The highest BCUT2D eigenvalue weighted by Gasteiger charge is 2.32. The number of likely N-dealkylation sites (N-methyl/N-ethyl adjacent to an activating group) is 1. The van der Waals surface area contributed by atoms with E-state index in [0.29, 0.717) is 18.1 Å². The Hall–Kier alpha value is -0.810. The van der Waals surface area contributed by atoms with Gasteiger partial charge in [0.1, 0.15) is 0 Å². The largest absolute Gasteiger partial charge is 0.355 e. The maximum Gasteiger partial charge on any atom is 0.191 e. The van der Waals surface area contributed by atoms with Crippen LogP contribution in [0.25, 0.3) is 0 Å². The molecule has 0 heterocycles. The third-order valence-corrected chi connectivity index (χ3v) is 4.52. The molecule has 0 aromatic rings. The van der Waals surface area contributed by atoms with Gasteiger partial charge in [0.05, 0.1) is 0 Å². The maximum atomic E-state index is 4.34. The lowest BCUT2D eigenvalue weighted by molar-refractivity contribution is 0.178. The Bertz CT molecular complexity index is 324. The topological polar surface area (TPSA) is 42.9 Å². The number of rotatable bonds is 9. The molecule has 1 rings (SSSR count). The van der Waals surface area contributed by atoms with E-state index in [1.807, 2.05) is 7.05 Å². The van der Waals surface area contributed by atoms with Gasteiger partial charge in [0, 0.05) is 44.8 Å². The quantitative estimate of drug-likeness (QED) is 0.501. The fraction of sp³-hybridized carbons (Fsp3) is 0.941. The molecule has 0 aromatic heterocycles. The molecule has 0 bridgehead atoms. The summed E-state index contributed by atoms with van der Waals surface area (Å²) in [5.74, 6) is 1.78. The molecule has 130 valence electrons. The molecule has 1 aliphatic rings. The van der Waals surface area contributed by atoms with E-state index in [1.54, 1.807) is 0 Å². The van der Waals surface area contributed by atoms with E-state index in [2.05, 4.69) is 67.2 Å². The van der Waals surface area contributed by atoms with Crippen molar-refractivity contribution in [3.8, 4) is 0 Å². The first kappa shape index (κ1) is 19.2. The molecule has 1 unspecified atom stereocenters. The summed E-state index contributed by atoms with van der Waals surface area (Å²) in [4.78, 5) is 9.17. The first-order valence-corrected chi connectivity index (χ1v) is 8.73. The maximum absolute atomic E-state index is 4.34. The van der Waals surface area contributed by atoms with Crippen molar-refractivity contribution >= 4 is 5.96 Å². The van der Waals surface area contributed by atoms with Gasteiger partial charge in [-0.1, -0.05) is 0 Å². The fourth-order valence-corrected chi connectivity index (χ4v) is 3.09. The molecule has 5 heteroatoms. The van der Waals surface area contributed by atoms with Crippen LogP contribution in [0.2, 0.25) is 0 Å². The van der Waals surface area contributed by atoms with Crippen molar-refractivity contribution in [2.24, 2.45) is 10.9 Å². The Morgan fingerprint density at radius 2 is 1.68 bits per heavy atom. The number of hydrogen-bond acceptors (Lipinski definition) is 3. The molecule has 1 aliphatic carbocycles. The van der Waals surface area contributed by atoms with Crippen LogP contribution in [0.3, 0.4) is 0 Å². The normalized spacial score (nSPS) is 17.7. The van der Waals surface area contributed by atoms with Crippen molar-refractivity contribution in [1.82, 2.24) is 20.4 Å². The fourth-order valence-electron chi connectivity index (χ4n) is 3.09. The Morgan fingerprint density at radius 1 is 1.09 bits per heavy atom. The van der Waals surface area contributed by atoms with E-state index in [0.717, 1.165) is 31.5 Å². The summed E-state index contributed by atoms with van der Waals surface area (Å²) in [6.07, 6.45) is 2.74. The molecule has 1 atom stereocenters. The molecule has 5 nitrogen and oxygen atoms in total. The average molecular weight is 312 g/mol. The van der Waals surface area contributed by atoms with Crippen molar-refractivity contribution in [3.63, 3.8) is 0 Å². The first-order chi connectivity index (χ1) is 10.4. The Morgan fingerprint density at radius 3 is 2.09 bits per heavy atom. The van der Waals surface area contributed by atoms with Crippen LogP contribution in [0, 0.1) is 5.92 Å². The molecule has 1 saturated carbocycles. The lowest BCUT2D eigenvalue weighted by atomic mass is 10.1. The smallest absolute Gasteiger partial charge is 0.191 e. The minimum atomic E-state index is 0.574. The average Bonchev–Trinajstić information content (AvgIpc) is 3.24. The highest BCUT2D eigenvalue weighted by molar-refractivity contribution is 5.79. The highest BCUT2D eigenvalue weighted by Crippen LogP contribution is 2.34. The van der Waals surface area contributed by atoms with E-state index >= 15 is 0 Å². The minimum Gasteiger partial charge on any atom is -0.355 e. The van der Waals surface area contributed by atoms with Crippen LogP contribution < -0.4 is 10.6 Å². The zero-order valence-electron chi connectivity index (χ0n) is 15.7. The number of nitrogens with one attached hydrogen (secondary N) is 2. The molecule has 22 heavy (non-hydrogen) atoms. The van der Waals surface area contributed by atoms with Gasteiger partial charge in [-0.15, -0.1) is 0 Å². The third-order valence-electron chi connectivity index (χ3n) is 4.52.